The number of anilines is 2. The zero-order valence-electron chi connectivity index (χ0n) is 21.0. The Labute approximate surface area is 217 Å². The molecule has 1 N–H and O–H groups in total. The average molecular weight is 498 g/mol. The molecule has 0 spiro atoms. The average Bonchev–Trinajstić information content (AvgIpc) is 3.22. The molecule has 1 unspecified atom stereocenters. The normalized spacial score (nSPS) is 19.3. The quantitative estimate of drug-likeness (QED) is 0.264. The van der Waals surface area contributed by atoms with Crippen molar-refractivity contribution >= 4 is 28.8 Å². The minimum atomic E-state index is -0.778. The summed E-state index contributed by atoms with van der Waals surface area (Å²) in [6.07, 6.45) is 7.72. The molecule has 3 heterocycles. The largest absolute Gasteiger partial charge is 0.507 e. The number of ether oxygens (including phenoxy) is 1. The first kappa shape index (κ1) is 24.6. The van der Waals surface area contributed by atoms with Gasteiger partial charge in [-0.05, 0) is 91.9 Å². The summed E-state index contributed by atoms with van der Waals surface area (Å²) < 4.78 is 5.63. The van der Waals surface area contributed by atoms with Gasteiger partial charge in [0.1, 0.15) is 11.5 Å². The zero-order chi connectivity index (χ0) is 25.8. The van der Waals surface area contributed by atoms with E-state index in [1.807, 2.05) is 31.2 Å². The summed E-state index contributed by atoms with van der Waals surface area (Å²) in [5, 5.41) is 11.3. The van der Waals surface area contributed by atoms with Gasteiger partial charge in [0.15, 0.2) is 0 Å². The second-order valence-corrected chi connectivity index (χ2v) is 9.39. The standard InChI is InChI=1S/C30H31N3O4/c1-2-20-37-25-12-6-22(7-13-25)28(34)26-27(21-14-16-31-17-15-21)33(30(36)29(26)35)24-10-8-23(9-11-24)32-18-4-3-5-19-32/h6-17,27,34H,2-5,18-20H2,1H3/b28-26+. The summed E-state index contributed by atoms with van der Waals surface area (Å²) in [5.74, 6) is -0.921. The van der Waals surface area contributed by atoms with Crippen LogP contribution >= 0.6 is 0 Å². The van der Waals surface area contributed by atoms with Crippen LogP contribution in [-0.2, 0) is 9.59 Å². The lowest BCUT2D eigenvalue weighted by Gasteiger charge is -2.30. The lowest BCUT2D eigenvalue weighted by atomic mass is 9.95. The van der Waals surface area contributed by atoms with Crippen LogP contribution in [0.15, 0.2) is 78.6 Å². The monoisotopic (exact) mass is 497 g/mol. The number of pyridine rings is 1. The number of nitrogens with zero attached hydrogens (tertiary/aromatic N) is 3. The van der Waals surface area contributed by atoms with Gasteiger partial charge in [0.2, 0.25) is 0 Å². The lowest BCUT2D eigenvalue weighted by molar-refractivity contribution is -0.132. The maximum absolute atomic E-state index is 13.4. The number of hydrogen-bond acceptors (Lipinski definition) is 6. The third-order valence-corrected chi connectivity index (χ3v) is 6.92. The smallest absolute Gasteiger partial charge is 0.300 e. The third kappa shape index (κ3) is 4.94. The first-order valence-electron chi connectivity index (χ1n) is 12.9. The molecule has 0 radical (unpaired) electrons. The fourth-order valence-corrected chi connectivity index (χ4v) is 5.02. The highest BCUT2D eigenvalue weighted by Crippen LogP contribution is 2.42. The van der Waals surface area contributed by atoms with Gasteiger partial charge in [-0.25, -0.2) is 0 Å². The minimum Gasteiger partial charge on any atom is -0.507 e. The van der Waals surface area contributed by atoms with Crippen LogP contribution in [-0.4, -0.2) is 41.5 Å². The Balaban J connectivity index is 1.53. The van der Waals surface area contributed by atoms with Gasteiger partial charge in [0, 0.05) is 42.4 Å². The number of carbonyl (C=O) groups excluding carboxylic acids is 2. The molecule has 5 rings (SSSR count). The summed E-state index contributed by atoms with van der Waals surface area (Å²) in [4.78, 5) is 34.6. The first-order valence-corrected chi connectivity index (χ1v) is 12.9. The molecule has 3 aromatic rings. The van der Waals surface area contributed by atoms with E-state index in [1.165, 1.54) is 24.2 Å². The molecule has 0 bridgehead atoms. The van der Waals surface area contributed by atoms with E-state index in [-0.39, 0.29) is 11.3 Å². The molecular formula is C30H31N3O4. The summed E-state index contributed by atoms with van der Waals surface area (Å²) in [5.41, 5.74) is 2.90. The number of aliphatic hydroxyl groups excluding tert-OH is 1. The first-order chi connectivity index (χ1) is 18.1. The van der Waals surface area contributed by atoms with Gasteiger partial charge in [-0.3, -0.25) is 19.5 Å². The highest BCUT2D eigenvalue weighted by molar-refractivity contribution is 6.51. The Bertz CT molecular complexity index is 1280. The van der Waals surface area contributed by atoms with E-state index in [1.54, 1.807) is 48.8 Å². The molecule has 1 atom stereocenters. The van der Waals surface area contributed by atoms with Crippen LogP contribution in [0.25, 0.3) is 5.76 Å². The van der Waals surface area contributed by atoms with E-state index in [9.17, 15) is 14.7 Å². The van der Waals surface area contributed by atoms with Crippen LogP contribution in [0, 0.1) is 0 Å². The molecule has 2 fully saturated rings. The number of piperidine rings is 1. The van der Waals surface area contributed by atoms with Crippen LogP contribution in [0.5, 0.6) is 5.75 Å². The molecule has 2 aromatic carbocycles. The van der Waals surface area contributed by atoms with Crippen LogP contribution in [0.2, 0.25) is 0 Å². The van der Waals surface area contributed by atoms with Crippen molar-refractivity contribution in [1.29, 1.82) is 0 Å². The van der Waals surface area contributed by atoms with E-state index in [0.717, 1.165) is 25.2 Å². The molecule has 7 nitrogen and oxygen atoms in total. The molecule has 37 heavy (non-hydrogen) atoms. The zero-order valence-corrected chi connectivity index (χ0v) is 21.0. The molecule has 0 aliphatic carbocycles. The number of hydrogen-bond donors (Lipinski definition) is 1. The SMILES string of the molecule is CCCOc1ccc(/C(O)=C2\C(=O)C(=O)N(c3ccc(N4CCCCC4)cc3)C2c2ccncc2)cc1. The fourth-order valence-electron chi connectivity index (χ4n) is 5.02. The van der Waals surface area contributed by atoms with E-state index in [4.69, 9.17) is 4.74 Å². The van der Waals surface area contributed by atoms with Gasteiger partial charge in [-0.2, -0.15) is 0 Å². The molecule has 1 amide bonds. The molecule has 0 saturated carbocycles. The lowest BCUT2D eigenvalue weighted by Crippen LogP contribution is -2.30. The number of rotatable bonds is 7. The number of Topliss-reactive ketones (excluding diaryl/α,β-unsaturated/α-hetero) is 1. The number of amides is 1. The summed E-state index contributed by atoms with van der Waals surface area (Å²) >= 11 is 0. The Morgan fingerprint density at radius 1 is 0.919 bits per heavy atom. The maximum atomic E-state index is 13.4. The van der Waals surface area contributed by atoms with Gasteiger partial charge < -0.3 is 14.7 Å². The van der Waals surface area contributed by atoms with E-state index < -0.39 is 17.7 Å². The number of aliphatic hydroxyl groups is 1. The Hall–Kier alpha value is -4.13. The number of carbonyl (C=O) groups is 2. The van der Waals surface area contributed by atoms with Crippen molar-refractivity contribution in [1.82, 2.24) is 4.98 Å². The third-order valence-electron chi connectivity index (χ3n) is 6.92. The predicted molar refractivity (Wildman–Crippen MR) is 144 cm³/mol. The van der Waals surface area contributed by atoms with Crippen molar-refractivity contribution in [2.24, 2.45) is 0 Å². The van der Waals surface area contributed by atoms with Crippen LogP contribution in [0.3, 0.4) is 0 Å². The molecular weight excluding hydrogens is 466 g/mol. The molecule has 7 heteroatoms. The second kappa shape index (κ2) is 10.9. The van der Waals surface area contributed by atoms with Crippen molar-refractivity contribution in [2.45, 2.75) is 38.6 Å². The molecule has 1 aromatic heterocycles. The Morgan fingerprint density at radius 3 is 2.22 bits per heavy atom. The van der Waals surface area contributed by atoms with Crippen molar-refractivity contribution < 1.29 is 19.4 Å². The predicted octanol–water partition coefficient (Wildman–Crippen LogP) is 5.49. The van der Waals surface area contributed by atoms with Gasteiger partial charge in [-0.1, -0.05) is 6.92 Å². The number of aromatic nitrogens is 1. The molecule has 190 valence electrons. The van der Waals surface area contributed by atoms with Crippen LogP contribution in [0.1, 0.15) is 49.8 Å². The van der Waals surface area contributed by atoms with Crippen molar-refractivity contribution in [3.63, 3.8) is 0 Å². The van der Waals surface area contributed by atoms with Gasteiger partial charge in [-0.15, -0.1) is 0 Å². The highest BCUT2D eigenvalue weighted by atomic mass is 16.5. The molecule has 2 saturated heterocycles. The van der Waals surface area contributed by atoms with Crippen LogP contribution < -0.4 is 14.5 Å². The molecule has 2 aliphatic heterocycles. The molecule has 2 aliphatic rings. The van der Waals surface area contributed by atoms with Crippen LogP contribution in [0.4, 0.5) is 11.4 Å². The minimum absolute atomic E-state index is 0.0542. The highest BCUT2D eigenvalue weighted by Gasteiger charge is 2.47. The van der Waals surface area contributed by atoms with E-state index in [0.29, 0.717) is 29.2 Å². The Kier molecular flexibility index (Phi) is 7.21. The van der Waals surface area contributed by atoms with Crippen molar-refractivity contribution in [3.05, 3.63) is 89.8 Å². The van der Waals surface area contributed by atoms with Gasteiger partial charge in [0.25, 0.3) is 11.7 Å². The number of benzene rings is 2. The van der Waals surface area contributed by atoms with E-state index in [2.05, 4.69) is 9.88 Å². The Morgan fingerprint density at radius 2 is 1.57 bits per heavy atom. The van der Waals surface area contributed by atoms with Crippen molar-refractivity contribution in [2.75, 3.05) is 29.5 Å². The summed E-state index contributed by atoms with van der Waals surface area (Å²) in [7, 11) is 0. The summed E-state index contributed by atoms with van der Waals surface area (Å²) in [6.45, 7) is 4.65. The number of ketones is 1. The van der Waals surface area contributed by atoms with Gasteiger partial charge >= 0.3 is 0 Å². The second-order valence-electron chi connectivity index (χ2n) is 9.39. The fraction of sp³-hybridized carbons (Fsp3) is 0.300. The maximum Gasteiger partial charge on any atom is 0.300 e. The topological polar surface area (TPSA) is 83.0 Å². The van der Waals surface area contributed by atoms with E-state index >= 15 is 0 Å². The summed E-state index contributed by atoms with van der Waals surface area (Å²) in [6, 6.07) is 17.4. The van der Waals surface area contributed by atoms with Crippen molar-refractivity contribution in [3.8, 4) is 5.75 Å². The van der Waals surface area contributed by atoms with Gasteiger partial charge in [0.05, 0.1) is 18.2 Å².